The average molecular weight is 340 g/mol. The van der Waals surface area contributed by atoms with Gasteiger partial charge in [0, 0.05) is 19.6 Å². The van der Waals surface area contributed by atoms with Gasteiger partial charge in [-0.05, 0) is 24.7 Å². The minimum Gasteiger partial charge on any atom is -0.493 e. The second-order valence-electron chi connectivity index (χ2n) is 6.22. The van der Waals surface area contributed by atoms with Crippen LogP contribution in [0.25, 0.3) is 0 Å². The smallest absolute Gasteiger partial charge is 0.261 e. The number of amides is 1. The third-order valence-corrected chi connectivity index (χ3v) is 4.51. The molecule has 3 rings (SSSR count). The van der Waals surface area contributed by atoms with Crippen LogP contribution in [0.2, 0.25) is 0 Å². The van der Waals surface area contributed by atoms with E-state index < -0.39 is 0 Å². The lowest BCUT2D eigenvalue weighted by molar-refractivity contribution is -0.138. The van der Waals surface area contributed by atoms with Crippen molar-refractivity contribution in [2.75, 3.05) is 40.4 Å². The van der Waals surface area contributed by atoms with Crippen LogP contribution in [-0.4, -0.2) is 56.1 Å². The lowest BCUT2D eigenvalue weighted by atomic mass is 10.0. The Hall–Kier alpha value is -2.53. The Morgan fingerprint density at radius 3 is 2.44 bits per heavy atom. The topological polar surface area (TPSA) is 42.0 Å². The van der Waals surface area contributed by atoms with Crippen molar-refractivity contribution in [1.29, 1.82) is 0 Å². The number of nitrogens with zero attached hydrogens (tertiary/aromatic N) is 2. The molecule has 1 fully saturated rings. The Labute approximate surface area is 148 Å². The minimum atomic E-state index is -0.00661. The van der Waals surface area contributed by atoms with Gasteiger partial charge in [-0.15, -0.1) is 0 Å². The third-order valence-electron chi connectivity index (χ3n) is 4.51. The Balaban J connectivity index is 1.71. The first kappa shape index (κ1) is 17.3. The summed E-state index contributed by atoms with van der Waals surface area (Å²) in [5.41, 5.74) is 1.15. The van der Waals surface area contributed by atoms with Gasteiger partial charge in [0.15, 0.2) is 18.1 Å². The molecule has 5 nitrogen and oxygen atoms in total. The Kier molecular flexibility index (Phi) is 5.56. The van der Waals surface area contributed by atoms with E-state index in [0.29, 0.717) is 18.0 Å². The van der Waals surface area contributed by atoms with Crippen molar-refractivity contribution >= 4 is 5.91 Å². The highest BCUT2D eigenvalue weighted by Crippen LogP contribution is 2.27. The lowest BCUT2D eigenvalue weighted by Gasteiger charge is -2.40. The molecule has 0 bridgehead atoms. The summed E-state index contributed by atoms with van der Waals surface area (Å²) in [6, 6.07) is 17.6. The molecule has 5 heteroatoms. The predicted octanol–water partition coefficient (Wildman–Crippen LogP) is 2.59. The van der Waals surface area contributed by atoms with Gasteiger partial charge in [-0.2, -0.15) is 0 Å². The van der Waals surface area contributed by atoms with Gasteiger partial charge in [-0.1, -0.05) is 42.5 Å². The molecule has 0 radical (unpaired) electrons. The number of piperazine rings is 1. The number of rotatable bonds is 5. The van der Waals surface area contributed by atoms with Gasteiger partial charge >= 0.3 is 0 Å². The Morgan fingerprint density at radius 1 is 1.04 bits per heavy atom. The van der Waals surface area contributed by atoms with Crippen LogP contribution >= 0.6 is 0 Å². The summed E-state index contributed by atoms with van der Waals surface area (Å²) in [5, 5.41) is 0. The van der Waals surface area contributed by atoms with Gasteiger partial charge in [0.1, 0.15) is 0 Å². The molecule has 1 saturated heterocycles. The number of benzene rings is 2. The highest BCUT2D eigenvalue weighted by molar-refractivity contribution is 5.78. The number of hydrogen-bond acceptors (Lipinski definition) is 4. The number of hydrogen-bond donors (Lipinski definition) is 0. The molecule has 0 aromatic heterocycles. The van der Waals surface area contributed by atoms with E-state index in [-0.39, 0.29) is 18.6 Å². The maximum atomic E-state index is 12.8. The summed E-state index contributed by atoms with van der Waals surface area (Å²) in [5.74, 6) is 1.21. The van der Waals surface area contributed by atoms with Crippen LogP contribution < -0.4 is 9.47 Å². The molecule has 25 heavy (non-hydrogen) atoms. The quantitative estimate of drug-likeness (QED) is 0.839. The normalized spacial score (nSPS) is 18.0. The molecule has 1 amide bonds. The zero-order valence-corrected chi connectivity index (χ0v) is 14.7. The maximum absolute atomic E-state index is 12.8. The van der Waals surface area contributed by atoms with Gasteiger partial charge in [0.2, 0.25) is 0 Å². The van der Waals surface area contributed by atoms with Crippen LogP contribution in [-0.2, 0) is 4.79 Å². The highest BCUT2D eigenvalue weighted by atomic mass is 16.5. The lowest BCUT2D eigenvalue weighted by Crippen LogP contribution is -2.50. The van der Waals surface area contributed by atoms with E-state index in [0.717, 1.165) is 18.7 Å². The average Bonchev–Trinajstić information content (AvgIpc) is 2.67. The molecule has 0 saturated carbocycles. The van der Waals surface area contributed by atoms with E-state index in [1.165, 1.54) is 0 Å². The number of likely N-dealkylation sites (N-methyl/N-ethyl adjacent to an activating group) is 1. The third kappa shape index (κ3) is 4.12. The van der Waals surface area contributed by atoms with E-state index in [2.05, 4.69) is 24.1 Å². The molecule has 1 atom stereocenters. The summed E-state index contributed by atoms with van der Waals surface area (Å²) in [4.78, 5) is 17.0. The maximum Gasteiger partial charge on any atom is 0.261 e. The second-order valence-corrected chi connectivity index (χ2v) is 6.22. The van der Waals surface area contributed by atoms with Crippen LogP contribution in [0.4, 0.5) is 0 Å². The van der Waals surface area contributed by atoms with Crippen molar-refractivity contribution < 1.29 is 14.3 Å². The standard InChI is InChI=1S/C20H24N2O3/c1-21-12-13-22(17(14-21)16-8-4-3-5-9-16)20(23)15-25-19-11-7-6-10-18(19)24-2/h3-11,17H,12-15H2,1-2H3/t17-/m1/s1. The summed E-state index contributed by atoms with van der Waals surface area (Å²) < 4.78 is 11.0. The Bertz CT molecular complexity index is 705. The van der Waals surface area contributed by atoms with Gasteiger partial charge in [0.05, 0.1) is 13.2 Å². The van der Waals surface area contributed by atoms with E-state index in [9.17, 15) is 4.79 Å². The van der Waals surface area contributed by atoms with Crippen LogP contribution in [0.5, 0.6) is 11.5 Å². The minimum absolute atomic E-state index is 0.00661. The van der Waals surface area contributed by atoms with Crippen molar-refractivity contribution in [3.63, 3.8) is 0 Å². The number of carbonyl (C=O) groups excluding carboxylic acids is 1. The number of carbonyl (C=O) groups is 1. The number of ether oxygens (including phenoxy) is 2. The molecule has 1 heterocycles. The fraction of sp³-hybridized carbons (Fsp3) is 0.350. The van der Waals surface area contributed by atoms with Crippen molar-refractivity contribution in [2.45, 2.75) is 6.04 Å². The van der Waals surface area contributed by atoms with E-state index >= 15 is 0 Å². The Morgan fingerprint density at radius 2 is 1.72 bits per heavy atom. The van der Waals surface area contributed by atoms with Gasteiger partial charge in [0.25, 0.3) is 5.91 Å². The first-order valence-corrected chi connectivity index (χ1v) is 8.48. The van der Waals surface area contributed by atoms with Crippen molar-refractivity contribution in [2.24, 2.45) is 0 Å². The molecular formula is C20H24N2O3. The zero-order valence-electron chi connectivity index (χ0n) is 14.7. The fourth-order valence-corrected chi connectivity index (χ4v) is 3.14. The molecule has 1 aliphatic heterocycles. The van der Waals surface area contributed by atoms with Crippen LogP contribution in [0.1, 0.15) is 11.6 Å². The van der Waals surface area contributed by atoms with E-state index in [1.54, 1.807) is 7.11 Å². The number of para-hydroxylation sites is 2. The first-order valence-electron chi connectivity index (χ1n) is 8.48. The SMILES string of the molecule is COc1ccccc1OCC(=O)N1CCN(C)C[C@@H]1c1ccccc1. The summed E-state index contributed by atoms with van der Waals surface area (Å²) >= 11 is 0. The largest absolute Gasteiger partial charge is 0.493 e. The molecule has 1 aliphatic rings. The van der Waals surface area contributed by atoms with Gasteiger partial charge in [-0.25, -0.2) is 0 Å². The van der Waals surface area contributed by atoms with E-state index in [1.807, 2.05) is 47.4 Å². The molecular weight excluding hydrogens is 316 g/mol. The van der Waals surface area contributed by atoms with Gasteiger partial charge in [-0.3, -0.25) is 4.79 Å². The molecule has 0 unspecified atom stereocenters. The molecule has 2 aromatic rings. The highest BCUT2D eigenvalue weighted by Gasteiger charge is 2.30. The predicted molar refractivity (Wildman–Crippen MR) is 96.9 cm³/mol. The van der Waals surface area contributed by atoms with Gasteiger partial charge < -0.3 is 19.3 Å². The summed E-state index contributed by atoms with van der Waals surface area (Å²) in [6.07, 6.45) is 0. The molecule has 2 aromatic carbocycles. The fourth-order valence-electron chi connectivity index (χ4n) is 3.14. The molecule has 0 aliphatic carbocycles. The van der Waals surface area contributed by atoms with Crippen molar-refractivity contribution in [3.8, 4) is 11.5 Å². The van der Waals surface area contributed by atoms with E-state index in [4.69, 9.17) is 9.47 Å². The molecule has 132 valence electrons. The summed E-state index contributed by atoms with van der Waals surface area (Å²) in [6.45, 7) is 2.39. The van der Waals surface area contributed by atoms with Crippen LogP contribution in [0.3, 0.4) is 0 Å². The van der Waals surface area contributed by atoms with Crippen LogP contribution in [0, 0.1) is 0 Å². The molecule has 0 N–H and O–H groups in total. The monoisotopic (exact) mass is 340 g/mol. The zero-order chi connectivity index (χ0) is 17.6. The van der Waals surface area contributed by atoms with Crippen molar-refractivity contribution in [3.05, 3.63) is 60.2 Å². The van der Waals surface area contributed by atoms with Crippen LogP contribution in [0.15, 0.2) is 54.6 Å². The first-order chi connectivity index (χ1) is 12.2. The second kappa shape index (κ2) is 8.03. The number of methoxy groups -OCH3 is 1. The molecule has 0 spiro atoms. The summed E-state index contributed by atoms with van der Waals surface area (Å²) in [7, 11) is 3.68. The van der Waals surface area contributed by atoms with Crippen molar-refractivity contribution in [1.82, 2.24) is 9.80 Å².